The van der Waals surface area contributed by atoms with E-state index in [2.05, 4.69) is 5.10 Å². The van der Waals surface area contributed by atoms with E-state index in [0.717, 1.165) is 17.3 Å². The van der Waals surface area contributed by atoms with Gasteiger partial charge in [0.15, 0.2) is 5.69 Å². The number of rotatable bonds is 4. The molecule has 8 heteroatoms. The molecule has 1 saturated heterocycles. The molecule has 1 aliphatic rings. The van der Waals surface area contributed by atoms with Gasteiger partial charge in [-0.15, -0.1) is 0 Å². The Labute approximate surface area is 134 Å². The number of hydrogen-bond donors (Lipinski definition) is 0. The van der Waals surface area contributed by atoms with Crippen LogP contribution in [0.5, 0.6) is 0 Å². The first-order chi connectivity index (χ1) is 10.7. The first-order valence-corrected chi connectivity index (χ1v) is 7.79. The molecule has 130 valence electrons. The van der Waals surface area contributed by atoms with Gasteiger partial charge in [0.2, 0.25) is 0 Å². The van der Waals surface area contributed by atoms with Crippen LogP contribution in [0, 0.1) is 5.92 Å². The summed E-state index contributed by atoms with van der Waals surface area (Å²) in [6, 6.07) is 0.166. The van der Waals surface area contributed by atoms with Crippen LogP contribution in [0.4, 0.5) is 13.2 Å². The van der Waals surface area contributed by atoms with E-state index >= 15 is 0 Å². The summed E-state index contributed by atoms with van der Waals surface area (Å²) in [6.07, 6.45) is -2.67. The van der Waals surface area contributed by atoms with Gasteiger partial charge in [-0.05, 0) is 26.9 Å². The fourth-order valence-electron chi connectivity index (χ4n) is 3.26. The third-order valence-electron chi connectivity index (χ3n) is 4.52. The zero-order valence-corrected chi connectivity index (χ0v) is 13.9. The lowest BCUT2D eigenvalue weighted by Gasteiger charge is -2.23. The van der Waals surface area contributed by atoms with Crippen LogP contribution < -0.4 is 0 Å². The summed E-state index contributed by atoms with van der Waals surface area (Å²) in [5, 5.41) is 3.73. The molecule has 0 saturated carbocycles. The zero-order valence-electron chi connectivity index (χ0n) is 13.9. The number of likely N-dealkylation sites (N-methyl/N-ethyl adjacent to an activating group) is 1. The van der Waals surface area contributed by atoms with Gasteiger partial charge < -0.3 is 9.80 Å². The number of aryl methyl sites for hydroxylation is 1. The number of carbonyl (C=O) groups excluding carboxylic acids is 1. The highest BCUT2D eigenvalue weighted by atomic mass is 19.4. The van der Waals surface area contributed by atoms with Crippen molar-refractivity contribution < 1.29 is 18.0 Å². The van der Waals surface area contributed by atoms with E-state index in [1.807, 2.05) is 25.9 Å². The fraction of sp³-hybridized carbons (Fsp3) is 0.733. The quantitative estimate of drug-likeness (QED) is 0.850. The molecule has 23 heavy (non-hydrogen) atoms. The van der Waals surface area contributed by atoms with Crippen LogP contribution in [-0.2, 0) is 12.7 Å². The van der Waals surface area contributed by atoms with Crippen molar-refractivity contribution in [3.05, 3.63) is 17.5 Å². The molecule has 0 radical (unpaired) electrons. The normalized spacial score (nSPS) is 22.2. The van der Waals surface area contributed by atoms with Gasteiger partial charge in [-0.2, -0.15) is 18.3 Å². The first-order valence-electron chi connectivity index (χ1n) is 7.79. The van der Waals surface area contributed by atoms with Crippen molar-refractivity contribution >= 4 is 5.91 Å². The number of carbonyl (C=O) groups is 1. The highest BCUT2D eigenvalue weighted by molar-refractivity contribution is 5.95. The molecule has 1 fully saturated rings. The number of likely N-dealkylation sites (tertiary alicyclic amines) is 1. The number of nitrogens with zero attached hydrogens (tertiary/aromatic N) is 4. The Morgan fingerprint density at radius 1 is 1.35 bits per heavy atom. The van der Waals surface area contributed by atoms with Crippen molar-refractivity contribution in [2.24, 2.45) is 5.92 Å². The molecule has 0 spiro atoms. The Morgan fingerprint density at radius 3 is 2.43 bits per heavy atom. The maximum absolute atomic E-state index is 13.3. The molecule has 5 nitrogen and oxygen atoms in total. The Kier molecular flexibility index (Phi) is 5.03. The molecule has 1 aromatic rings. The Hall–Kier alpha value is -1.57. The van der Waals surface area contributed by atoms with Gasteiger partial charge >= 0.3 is 6.18 Å². The van der Waals surface area contributed by atoms with E-state index in [9.17, 15) is 18.0 Å². The molecule has 0 aromatic carbocycles. The van der Waals surface area contributed by atoms with E-state index in [-0.39, 0.29) is 24.1 Å². The summed E-state index contributed by atoms with van der Waals surface area (Å²) in [5.74, 6) is -0.315. The van der Waals surface area contributed by atoms with Crippen molar-refractivity contribution in [2.45, 2.75) is 39.0 Å². The molecule has 1 amide bonds. The zero-order chi connectivity index (χ0) is 17.4. The molecule has 1 aromatic heterocycles. The lowest BCUT2D eigenvalue weighted by atomic mass is 10.0. The summed E-state index contributed by atoms with van der Waals surface area (Å²) in [4.78, 5) is 16.2. The third-order valence-corrected chi connectivity index (χ3v) is 4.52. The summed E-state index contributed by atoms with van der Waals surface area (Å²) in [5.41, 5.74) is -1.31. The lowest BCUT2D eigenvalue weighted by Crippen LogP contribution is -2.36. The Balaban J connectivity index is 2.30. The predicted octanol–water partition coefficient (Wildman–Crippen LogP) is 2.33. The maximum atomic E-state index is 13.3. The van der Waals surface area contributed by atoms with Crippen LogP contribution in [0.25, 0.3) is 0 Å². The number of hydrogen-bond acceptors (Lipinski definition) is 3. The second-order valence-electron chi connectivity index (χ2n) is 6.13. The number of aromatic nitrogens is 2. The molecule has 2 rings (SSSR count). The summed E-state index contributed by atoms with van der Waals surface area (Å²) >= 11 is 0. The second kappa shape index (κ2) is 6.51. The summed E-state index contributed by atoms with van der Waals surface area (Å²) in [6.45, 7) is 4.60. The largest absolute Gasteiger partial charge is 0.433 e. The topological polar surface area (TPSA) is 41.4 Å². The predicted molar refractivity (Wildman–Crippen MR) is 80.1 cm³/mol. The number of amides is 1. The van der Waals surface area contributed by atoms with Crippen LogP contribution >= 0.6 is 0 Å². The van der Waals surface area contributed by atoms with E-state index in [1.165, 1.54) is 4.90 Å². The third kappa shape index (κ3) is 3.36. The SMILES string of the molecule is CC[C@@H]1CN(C(=O)c2cnn(CC)c2C(F)(F)F)C[C@@H]1N(C)C. The fourth-order valence-corrected chi connectivity index (χ4v) is 3.26. The minimum absolute atomic E-state index is 0.0695. The van der Waals surface area contributed by atoms with Gasteiger partial charge in [0, 0.05) is 25.7 Å². The van der Waals surface area contributed by atoms with Gasteiger partial charge in [0.25, 0.3) is 5.91 Å². The second-order valence-corrected chi connectivity index (χ2v) is 6.13. The molecule has 0 aliphatic carbocycles. The van der Waals surface area contributed by atoms with E-state index in [0.29, 0.717) is 13.1 Å². The standard InChI is InChI=1S/C15H23F3N4O/c1-5-10-8-21(9-12(10)20(3)4)14(23)11-7-19-22(6-2)13(11)15(16,17)18/h7,10,12H,5-6,8-9H2,1-4H3/t10-,12+/m1/s1. The van der Waals surface area contributed by atoms with E-state index < -0.39 is 17.8 Å². The average Bonchev–Trinajstić information content (AvgIpc) is 3.09. The first kappa shape index (κ1) is 17.8. The van der Waals surface area contributed by atoms with Crippen molar-refractivity contribution in [3.8, 4) is 0 Å². The van der Waals surface area contributed by atoms with Gasteiger partial charge in [-0.25, -0.2) is 0 Å². The van der Waals surface area contributed by atoms with E-state index in [1.54, 1.807) is 6.92 Å². The van der Waals surface area contributed by atoms with Crippen molar-refractivity contribution in [1.82, 2.24) is 19.6 Å². The molecule has 2 heterocycles. The highest BCUT2D eigenvalue weighted by Crippen LogP contribution is 2.33. The molecule has 0 unspecified atom stereocenters. The molecule has 2 atom stereocenters. The monoisotopic (exact) mass is 332 g/mol. The van der Waals surface area contributed by atoms with Crippen LogP contribution in [0.15, 0.2) is 6.20 Å². The molecular weight excluding hydrogens is 309 g/mol. The highest BCUT2D eigenvalue weighted by Gasteiger charge is 2.43. The minimum atomic E-state index is -4.59. The lowest BCUT2D eigenvalue weighted by molar-refractivity contribution is -0.144. The molecule has 0 bridgehead atoms. The maximum Gasteiger partial charge on any atom is 0.433 e. The van der Waals surface area contributed by atoms with Gasteiger partial charge in [-0.1, -0.05) is 13.3 Å². The van der Waals surface area contributed by atoms with E-state index in [4.69, 9.17) is 0 Å². The van der Waals surface area contributed by atoms with Crippen LogP contribution in [0.2, 0.25) is 0 Å². The molecule has 0 N–H and O–H groups in total. The van der Waals surface area contributed by atoms with Crippen molar-refractivity contribution in [3.63, 3.8) is 0 Å². The summed E-state index contributed by atoms with van der Waals surface area (Å²) < 4.78 is 40.7. The number of halogens is 3. The van der Waals surface area contributed by atoms with Crippen LogP contribution in [0.1, 0.15) is 36.3 Å². The molecular formula is C15H23F3N4O. The van der Waals surface area contributed by atoms with Crippen molar-refractivity contribution in [1.29, 1.82) is 0 Å². The Morgan fingerprint density at radius 2 is 2.00 bits per heavy atom. The summed E-state index contributed by atoms with van der Waals surface area (Å²) in [7, 11) is 3.86. The number of alkyl halides is 3. The molecule has 1 aliphatic heterocycles. The van der Waals surface area contributed by atoms with Gasteiger partial charge in [0.05, 0.1) is 11.8 Å². The smallest absolute Gasteiger partial charge is 0.337 e. The minimum Gasteiger partial charge on any atom is -0.337 e. The van der Waals surface area contributed by atoms with Gasteiger partial charge in [0.1, 0.15) is 0 Å². The Bertz CT molecular complexity index is 568. The van der Waals surface area contributed by atoms with Crippen LogP contribution in [0.3, 0.4) is 0 Å². The van der Waals surface area contributed by atoms with Crippen molar-refractivity contribution in [2.75, 3.05) is 27.2 Å². The van der Waals surface area contributed by atoms with Gasteiger partial charge in [-0.3, -0.25) is 9.48 Å². The van der Waals surface area contributed by atoms with Crippen LogP contribution in [-0.4, -0.2) is 58.7 Å². The average molecular weight is 332 g/mol.